The smallest absolute Gasteiger partial charge is 0.253 e. The molecule has 1 amide bonds. The molecule has 1 aromatic carbocycles. The lowest BCUT2D eigenvalue weighted by atomic mass is 10.0. The van der Waals surface area contributed by atoms with Crippen LogP contribution in [-0.2, 0) is 4.74 Å². The zero-order chi connectivity index (χ0) is 18.4. The van der Waals surface area contributed by atoms with Crippen LogP contribution in [0.3, 0.4) is 0 Å². The standard InChI is InChI=1S/C21H23N3O2/c1-2-12-26-19-9-5-11-24(15-19)21(25)17-7-3-6-16(13-17)20-10-4-8-18(14-22)23-20/h3-4,6-8,10,13,19H,2,5,9,11-12,15H2,1H3/t19-/m0/s1. The number of hydrogen-bond acceptors (Lipinski definition) is 4. The lowest BCUT2D eigenvalue weighted by Gasteiger charge is -2.32. The average Bonchev–Trinajstić information content (AvgIpc) is 2.72. The first kappa shape index (κ1) is 18.1. The Labute approximate surface area is 154 Å². The quantitative estimate of drug-likeness (QED) is 0.826. The predicted octanol–water partition coefficient (Wildman–Crippen LogP) is 3.65. The second-order valence-corrected chi connectivity index (χ2v) is 6.49. The molecule has 1 atom stereocenters. The Kier molecular flexibility index (Phi) is 5.98. The largest absolute Gasteiger partial charge is 0.376 e. The molecule has 2 aromatic rings. The fourth-order valence-electron chi connectivity index (χ4n) is 3.20. The van der Waals surface area contributed by atoms with Crippen molar-refractivity contribution in [2.45, 2.75) is 32.3 Å². The molecule has 5 heteroatoms. The highest BCUT2D eigenvalue weighted by atomic mass is 16.5. The molecule has 0 spiro atoms. The fraction of sp³-hybridized carbons (Fsp3) is 0.381. The maximum absolute atomic E-state index is 12.9. The van der Waals surface area contributed by atoms with Gasteiger partial charge in [-0.3, -0.25) is 4.79 Å². The first-order valence-corrected chi connectivity index (χ1v) is 9.09. The third kappa shape index (κ3) is 4.27. The summed E-state index contributed by atoms with van der Waals surface area (Å²) in [5.41, 5.74) is 2.54. The van der Waals surface area contributed by atoms with E-state index in [0.717, 1.165) is 38.0 Å². The van der Waals surface area contributed by atoms with E-state index in [0.29, 0.717) is 23.5 Å². The maximum Gasteiger partial charge on any atom is 0.253 e. The molecular weight excluding hydrogens is 326 g/mol. The van der Waals surface area contributed by atoms with E-state index in [1.165, 1.54) is 0 Å². The number of likely N-dealkylation sites (tertiary alicyclic amines) is 1. The van der Waals surface area contributed by atoms with Gasteiger partial charge in [-0.25, -0.2) is 4.98 Å². The zero-order valence-corrected chi connectivity index (χ0v) is 15.0. The van der Waals surface area contributed by atoms with E-state index < -0.39 is 0 Å². The maximum atomic E-state index is 12.9. The summed E-state index contributed by atoms with van der Waals surface area (Å²) in [6, 6.07) is 14.8. The van der Waals surface area contributed by atoms with Gasteiger partial charge in [0.25, 0.3) is 5.91 Å². The number of rotatable bonds is 5. The number of benzene rings is 1. The van der Waals surface area contributed by atoms with Crippen LogP contribution in [0.2, 0.25) is 0 Å². The lowest BCUT2D eigenvalue weighted by Crippen LogP contribution is -2.43. The topological polar surface area (TPSA) is 66.2 Å². The highest BCUT2D eigenvalue weighted by molar-refractivity contribution is 5.95. The van der Waals surface area contributed by atoms with E-state index in [9.17, 15) is 4.79 Å². The van der Waals surface area contributed by atoms with Gasteiger partial charge in [0, 0.05) is 30.8 Å². The Balaban J connectivity index is 1.77. The summed E-state index contributed by atoms with van der Waals surface area (Å²) in [6.07, 6.45) is 3.09. The van der Waals surface area contributed by atoms with Crippen LogP contribution in [-0.4, -0.2) is 41.6 Å². The molecule has 1 fully saturated rings. The van der Waals surface area contributed by atoms with Gasteiger partial charge in [-0.05, 0) is 43.5 Å². The van der Waals surface area contributed by atoms with E-state index in [4.69, 9.17) is 10.00 Å². The molecule has 0 saturated carbocycles. The van der Waals surface area contributed by atoms with E-state index >= 15 is 0 Å². The molecule has 26 heavy (non-hydrogen) atoms. The molecule has 1 aromatic heterocycles. The Morgan fingerprint density at radius 3 is 3.00 bits per heavy atom. The third-order valence-electron chi connectivity index (χ3n) is 4.49. The van der Waals surface area contributed by atoms with E-state index in [1.54, 1.807) is 12.1 Å². The van der Waals surface area contributed by atoms with Crippen LogP contribution >= 0.6 is 0 Å². The Morgan fingerprint density at radius 1 is 1.35 bits per heavy atom. The molecule has 0 unspecified atom stereocenters. The molecule has 2 heterocycles. The monoisotopic (exact) mass is 349 g/mol. The van der Waals surface area contributed by atoms with E-state index in [2.05, 4.69) is 11.9 Å². The molecule has 0 aliphatic carbocycles. The van der Waals surface area contributed by atoms with Gasteiger partial charge in [-0.2, -0.15) is 5.26 Å². The number of nitriles is 1. The van der Waals surface area contributed by atoms with Gasteiger partial charge in [0.15, 0.2) is 0 Å². The summed E-state index contributed by atoms with van der Waals surface area (Å²) in [7, 11) is 0. The number of carbonyl (C=O) groups is 1. The number of carbonyl (C=O) groups excluding carboxylic acids is 1. The predicted molar refractivity (Wildman–Crippen MR) is 99.6 cm³/mol. The fourth-order valence-corrected chi connectivity index (χ4v) is 3.20. The summed E-state index contributed by atoms with van der Waals surface area (Å²) >= 11 is 0. The highest BCUT2D eigenvalue weighted by Crippen LogP contribution is 2.21. The number of hydrogen-bond donors (Lipinski definition) is 0. The lowest BCUT2D eigenvalue weighted by molar-refractivity contribution is 0.00211. The second kappa shape index (κ2) is 8.59. The molecule has 0 radical (unpaired) electrons. The van der Waals surface area contributed by atoms with Crippen molar-refractivity contribution in [3.8, 4) is 17.3 Å². The second-order valence-electron chi connectivity index (χ2n) is 6.49. The minimum atomic E-state index is 0.0214. The highest BCUT2D eigenvalue weighted by Gasteiger charge is 2.25. The van der Waals surface area contributed by atoms with Crippen molar-refractivity contribution in [3.05, 3.63) is 53.7 Å². The third-order valence-corrected chi connectivity index (χ3v) is 4.49. The van der Waals surface area contributed by atoms with Crippen molar-refractivity contribution < 1.29 is 9.53 Å². The SMILES string of the molecule is CCCO[C@H]1CCCN(C(=O)c2cccc(-c3cccc(C#N)n3)c2)C1. The van der Waals surface area contributed by atoms with Crippen molar-refractivity contribution in [1.29, 1.82) is 5.26 Å². The van der Waals surface area contributed by atoms with Crippen molar-refractivity contribution in [2.75, 3.05) is 19.7 Å². The van der Waals surface area contributed by atoms with Gasteiger partial charge in [-0.15, -0.1) is 0 Å². The number of pyridine rings is 1. The number of aromatic nitrogens is 1. The molecular formula is C21H23N3O2. The van der Waals surface area contributed by atoms with Crippen molar-refractivity contribution in [2.24, 2.45) is 0 Å². The Hall–Kier alpha value is -2.71. The Bertz CT molecular complexity index is 813. The number of nitrogens with zero attached hydrogens (tertiary/aromatic N) is 3. The van der Waals surface area contributed by atoms with Crippen molar-refractivity contribution in [1.82, 2.24) is 9.88 Å². The van der Waals surface area contributed by atoms with Gasteiger partial charge in [0.1, 0.15) is 11.8 Å². The molecule has 1 saturated heterocycles. The molecule has 5 nitrogen and oxygen atoms in total. The molecule has 0 N–H and O–H groups in total. The van der Waals surface area contributed by atoms with Crippen LogP contribution < -0.4 is 0 Å². The summed E-state index contributed by atoms with van der Waals surface area (Å²) in [5, 5.41) is 9.02. The summed E-state index contributed by atoms with van der Waals surface area (Å²) in [5.74, 6) is 0.0214. The number of ether oxygens (including phenoxy) is 1. The van der Waals surface area contributed by atoms with E-state index in [1.807, 2.05) is 41.3 Å². The summed E-state index contributed by atoms with van der Waals surface area (Å²) < 4.78 is 5.83. The zero-order valence-electron chi connectivity index (χ0n) is 15.0. The number of amides is 1. The van der Waals surface area contributed by atoms with Gasteiger partial charge < -0.3 is 9.64 Å². The van der Waals surface area contributed by atoms with Crippen LogP contribution in [0.4, 0.5) is 0 Å². The van der Waals surface area contributed by atoms with Crippen LogP contribution in [0.25, 0.3) is 11.3 Å². The van der Waals surface area contributed by atoms with Crippen molar-refractivity contribution in [3.63, 3.8) is 0 Å². The van der Waals surface area contributed by atoms with E-state index in [-0.39, 0.29) is 12.0 Å². The van der Waals surface area contributed by atoms with Gasteiger partial charge >= 0.3 is 0 Å². The van der Waals surface area contributed by atoms with Crippen LogP contribution in [0, 0.1) is 11.3 Å². The first-order valence-electron chi connectivity index (χ1n) is 9.09. The Morgan fingerprint density at radius 2 is 2.19 bits per heavy atom. The first-order chi connectivity index (χ1) is 12.7. The van der Waals surface area contributed by atoms with Crippen LogP contribution in [0.5, 0.6) is 0 Å². The molecule has 0 bridgehead atoms. The van der Waals surface area contributed by atoms with Crippen LogP contribution in [0.1, 0.15) is 42.2 Å². The minimum absolute atomic E-state index is 0.0214. The molecule has 1 aliphatic heterocycles. The van der Waals surface area contributed by atoms with Crippen LogP contribution in [0.15, 0.2) is 42.5 Å². The summed E-state index contributed by atoms with van der Waals surface area (Å²) in [6.45, 7) is 4.23. The number of piperidine rings is 1. The molecule has 134 valence electrons. The van der Waals surface area contributed by atoms with Gasteiger partial charge in [0.05, 0.1) is 11.8 Å². The minimum Gasteiger partial charge on any atom is -0.376 e. The van der Waals surface area contributed by atoms with Crippen molar-refractivity contribution >= 4 is 5.91 Å². The normalized spacial score (nSPS) is 16.9. The average molecular weight is 349 g/mol. The molecule has 3 rings (SSSR count). The van der Waals surface area contributed by atoms with Gasteiger partial charge in [-0.1, -0.05) is 25.1 Å². The summed E-state index contributed by atoms with van der Waals surface area (Å²) in [4.78, 5) is 19.1. The molecule has 1 aliphatic rings. The van der Waals surface area contributed by atoms with Gasteiger partial charge in [0.2, 0.25) is 0 Å².